The molecule has 0 saturated carbocycles. The van der Waals surface area contributed by atoms with Crippen LogP contribution >= 0.6 is 0 Å². The van der Waals surface area contributed by atoms with Crippen LogP contribution in [0.15, 0.2) is 48.5 Å². The molecule has 1 N–H and O–H groups in total. The summed E-state index contributed by atoms with van der Waals surface area (Å²) in [6.45, 7) is 3.84. The quantitative estimate of drug-likeness (QED) is 0.905. The van der Waals surface area contributed by atoms with Gasteiger partial charge in [-0.05, 0) is 55.3 Å². The lowest BCUT2D eigenvalue weighted by molar-refractivity contribution is -0.122. The lowest BCUT2D eigenvalue weighted by Gasteiger charge is -2.17. The number of hydrogen-bond acceptors (Lipinski definition) is 2. The van der Waals surface area contributed by atoms with Crippen molar-refractivity contribution < 1.29 is 13.9 Å². The number of anilines is 1. The van der Waals surface area contributed by atoms with Gasteiger partial charge in [-0.2, -0.15) is 0 Å². The number of amides is 1. The second-order valence-electron chi connectivity index (χ2n) is 4.83. The molecule has 0 aliphatic heterocycles. The highest BCUT2D eigenvalue weighted by Gasteiger charge is 2.18. The standard InChI is InChI=1S/C17H18FNO2/c1-3-16(21-15-6-4-5-12(2)11-15)17(20)19-14-9-7-13(18)8-10-14/h4-11,16H,3H2,1-2H3,(H,19,20)/t16-/m1/s1. The number of aryl methyl sites for hydroxylation is 1. The Balaban J connectivity index is 2.03. The molecule has 0 fully saturated rings. The van der Waals surface area contributed by atoms with Gasteiger partial charge in [0.2, 0.25) is 0 Å². The number of carbonyl (C=O) groups excluding carboxylic acids is 1. The second kappa shape index (κ2) is 6.88. The highest BCUT2D eigenvalue weighted by atomic mass is 19.1. The third-order valence-electron chi connectivity index (χ3n) is 3.04. The van der Waals surface area contributed by atoms with E-state index in [9.17, 15) is 9.18 Å². The van der Waals surface area contributed by atoms with Crippen molar-refractivity contribution in [1.82, 2.24) is 0 Å². The summed E-state index contributed by atoms with van der Waals surface area (Å²) in [6, 6.07) is 13.2. The molecule has 0 heterocycles. The average Bonchev–Trinajstić information content (AvgIpc) is 2.47. The molecule has 0 saturated heterocycles. The molecule has 4 heteroatoms. The van der Waals surface area contributed by atoms with E-state index in [4.69, 9.17) is 4.74 Å². The Labute approximate surface area is 123 Å². The molecule has 21 heavy (non-hydrogen) atoms. The second-order valence-corrected chi connectivity index (χ2v) is 4.83. The molecule has 2 aromatic carbocycles. The van der Waals surface area contributed by atoms with Crippen molar-refractivity contribution in [2.75, 3.05) is 5.32 Å². The van der Waals surface area contributed by atoms with Crippen LogP contribution < -0.4 is 10.1 Å². The Bertz CT molecular complexity index is 610. The molecule has 0 aliphatic rings. The van der Waals surface area contributed by atoms with Gasteiger partial charge in [0.15, 0.2) is 6.10 Å². The number of benzene rings is 2. The Morgan fingerprint density at radius 2 is 1.95 bits per heavy atom. The molecular weight excluding hydrogens is 269 g/mol. The molecule has 2 rings (SSSR count). The van der Waals surface area contributed by atoms with E-state index in [1.807, 2.05) is 38.1 Å². The van der Waals surface area contributed by atoms with Gasteiger partial charge in [-0.1, -0.05) is 19.1 Å². The summed E-state index contributed by atoms with van der Waals surface area (Å²) in [5, 5.41) is 2.72. The molecular formula is C17H18FNO2. The van der Waals surface area contributed by atoms with E-state index >= 15 is 0 Å². The van der Waals surface area contributed by atoms with E-state index in [2.05, 4.69) is 5.32 Å². The number of ether oxygens (including phenoxy) is 1. The van der Waals surface area contributed by atoms with E-state index in [0.29, 0.717) is 17.9 Å². The monoisotopic (exact) mass is 287 g/mol. The van der Waals surface area contributed by atoms with Gasteiger partial charge < -0.3 is 10.1 Å². The lowest BCUT2D eigenvalue weighted by Crippen LogP contribution is -2.32. The van der Waals surface area contributed by atoms with Crippen LogP contribution in [0.3, 0.4) is 0 Å². The first kappa shape index (κ1) is 15.0. The van der Waals surface area contributed by atoms with E-state index in [0.717, 1.165) is 5.56 Å². The highest BCUT2D eigenvalue weighted by molar-refractivity contribution is 5.94. The maximum absolute atomic E-state index is 12.8. The third kappa shape index (κ3) is 4.31. The van der Waals surface area contributed by atoms with Gasteiger partial charge in [0.1, 0.15) is 11.6 Å². The first-order valence-corrected chi connectivity index (χ1v) is 6.88. The summed E-state index contributed by atoms with van der Waals surface area (Å²) in [5.41, 5.74) is 1.62. The van der Waals surface area contributed by atoms with Crippen LogP contribution in [0.25, 0.3) is 0 Å². The van der Waals surface area contributed by atoms with Crippen LogP contribution in [0.2, 0.25) is 0 Å². The fourth-order valence-corrected chi connectivity index (χ4v) is 1.93. The molecule has 0 bridgehead atoms. The fourth-order valence-electron chi connectivity index (χ4n) is 1.93. The molecule has 110 valence electrons. The number of nitrogens with one attached hydrogen (secondary N) is 1. The van der Waals surface area contributed by atoms with Gasteiger partial charge in [-0.3, -0.25) is 4.79 Å². The van der Waals surface area contributed by atoms with E-state index in [-0.39, 0.29) is 11.7 Å². The minimum Gasteiger partial charge on any atom is -0.481 e. The maximum Gasteiger partial charge on any atom is 0.265 e. The maximum atomic E-state index is 12.8. The molecule has 0 aliphatic carbocycles. The molecule has 0 unspecified atom stereocenters. The van der Waals surface area contributed by atoms with Crippen molar-refractivity contribution in [1.29, 1.82) is 0 Å². The van der Waals surface area contributed by atoms with Gasteiger partial charge in [0.25, 0.3) is 5.91 Å². The zero-order valence-electron chi connectivity index (χ0n) is 12.1. The zero-order valence-corrected chi connectivity index (χ0v) is 12.1. The summed E-state index contributed by atoms with van der Waals surface area (Å²) >= 11 is 0. The number of rotatable bonds is 5. The first-order valence-electron chi connectivity index (χ1n) is 6.88. The van der Waals surface area contributed by atoms with Crippen molar-refractivity contribution in [3.05, 3.63) is 59.9 Å². The van der Waals surface area contributed by atoms with Crippen LogP contribution in [-0.4, -0.2) is 12.0 Å². The van der Waals surface area contributed by atoms with Crippen LogP contribution in [0.1, 0.15) is 18.9 Å². The number of carbonyl (C=O) groups is 1. The van der Waals surface area contributed by atoms with Gasteiger partial charge >= 0.3 is 0 Å². The van der Waals surface area contributed by atoms with Crippen molar-refractivity contribution >= 4 is 11.6 Å². The van der Waals surface area contributed by atoms with Crippen molar-refractivity contribution in [3.8, 4) is 5.75 Å². The molecule has 3 nitrogen and oxygen atoms in total. The number of hydrogen-bond donors (Lipinski definition) is 1. The van der Waals surface area contributed by atoms with E-state index in [1.54, 1.807) is 0 Å². The first-order chi connectivity index (χ1) is 10.1. The van der Waals surface area contributed by atoms with E-state index in [1.165, 1.54) is 24.3 Å². The van der Waals surface area contributed by atoms with Crippen molar-refractivity contribution in [2.24, 2.45) is 0 Å². The van der Waals surface area contributed by atoms with Gasteiger partial charge in [-0.15, -0.1) is 0 Å². The van der Waals surface area contributed by atoms with Crippen LogP contribution in [0.5, 0.6) is 5.75 Å². The predicted octanol–water partition coefficient (Wildman–Crippen LogP) is 3.93. The Kier molecular flexibility index (Phi) is 4.93. The largest absolute Gasteiger partial charge is 0.481 e. The molecule has 2 aromatic rings. The van der Waals surface area contributed by atoms with Gasteiger partial charge in [0.05, 0.1) is 0 Å². The Hall–Kier alpha value is -2.36. The molecule has 1 amide bonds. The van der Waals surface area contributed by atoms with Gasteiger partial charge in [0, 0.05) is 5.69 Å². The van der Waals surface area contributed by atoms with Gasteiger partial charge in [-0.25, -0.2) is 4.39 Å². The molecule has 0 radical (unpaired) electrons. The third-order valence-corrected chi connectivity index (χ3v) is 3.04. The Morgan fingerprint density at radius 1 is 1.24 bits per heavy atom. The fraction of sp³-hybridized carbons (Fsp3) is 0.235. The Morgan fingerprint density at radius 3 is 2.57 bits per heavy atom. The van der Waals surface area contributed by atoms with Crippen molar-refractivity contribution in [2.45, 2.75) is 26.4 Å². The average molecular weight is 287 g/mol. The predicted molar refractivity (Wildman–Crippen MR) is 80.9 cm³/mol. The summed E-state index contributed by atoms with van der Waals surface area (Å²) < 4.78 is 18.6. The lowest BCUT2D eigenvalue weighted by atomic mass is 10.2. The summed E-state index contributed by atoms with van der Waals surface area (Å²) in [7, 11) is 0. The summed E-state index contributed by atoms with van der Waals surface area (Å²) in [5.74, 6) is 0.0813. The van der Waals surface area contributed by atoms with Crippen molar-refractivity contribution in [3.63, 3.8) is 0 Å². The minimum atomic E-state index is -0.586. The highest BCUT2D eigenvalue weighted by Crippen LogP contribution is 2.17. The molecule has 0 spiro atoms. The zero-order chi connectivity index (χ0) is 15.2. The van der Waals surface area contributed by atoms with Crippen LogP contribution in [0.4, 0.5) is 10.1 Å². The SMILES string of the molecule is CC[C@@H](Oc1cccc(C)c1)C(=O)Nc1ccc(F)cc1. The molecule has 1 atom stereocenters. The summed E-state index contributed by atoms with van der Waals surface area (Å²) in [6.07, 6.45) is -0.0436. The number of halogens is 1. The van der Waals surface area contributed by atoms with E-state index < -0.39 is 6.10 Å². The van der Waals surface area contributed by atoms with Crippen LogP contribution in [0, 0.1) is 12.7 Å². The van der Waals surface area contributed by atoms with Crippen LogP contribution in [-0.2, 0) is 4.79 Å². The minimum absolute atomic E-state index is 0.245. The normalized spacial score (nSPS) is 11.8. The summed E-state index contributed by atoms with van der Waals surface area (Å²) in [4.78, 5) is 12.2. The molecule has 0 aromatic heterocycles. The topological polar surface area (TPSA) is 38.3 Å². The smallest absolute Gasteiger partial charge is 0.265 e.